The predicted molar refractivity (Wildman–Crippen MR) is 71.6 cm³/mol. The summed E-state index contributed by atoms with van der Waals surface area (Å²) in [6, 6.07) is 4.49. The van der Waals surface area contributed by atoms with Crippen LogP contribution in [0, 0.1) is 24.1 Å². The van der Waals surface area contributed by atoms with Crippen LogP contribution >= 0.6 is 15.9 Å². The van der Waals surface area contributed by atoms with Crippen molar-refractivity contribution in [3.05, 3.63) is 34.1 Å². The van der Waals surface area contributed by atoms with Crippen LogP contribution in [0.5, 0.6) is 0 Å². The molecule has 18 heavy (non-hydrogen) atoms. The average Bonchev–Trinajstić information content (AvgIpc) is 3.12. The van der Waals surface area contributed by atoms with Crippen molar-refractivity contribution in [2.24, 2.45) is 5.92 Å². The molecule has 0 radical (unpaired) electrons. The second kappa shape index (κ2) is 5.53. The lowest BCUT2D eigenvalue weighted by molar-refractivity contribution is 0.0764. The molecule has 0 bridgehead atoms. The molecule has 0 atom stereocenters. The molecule has 0 aliphatic heterocycles. The molecule has 0 aromatic heterocycles. The fourth-order valence-corrected chi connectivity index (χ4v) is 2.31. The molecule has 0 spiro atoms. The molecule has 1 fully saturated rings. The van der Waals surface area contributed by atoms with Gasteiger partial charge in [0.2, 0.25) is 0 Å². The summed E-state index contributed by atoms with van der Waals surface area (Å²) in [7, 11) is 0. The third-order valence-corrected chi connectivity index (χ3v) is 3.58. The number of carbonyl (C=O) groups excluding carboxylic acids is 1. The van der Waals surface area contributed by atoms with E-state index in [1.807, 2.05) is 0 Å². The SMILES string of the molecule is C#CCN(CC1CC1)C(=O)c1c(F)cccc1Br. The van der Waals surface area contributed by atoms with Crippen LogP contribution in [0.25, 0.3) is 0 Å². The van der Waals surface area contributed by atoms with Gasteiger partial charge in [0.1, 0.15) is 5.82 Å². The number of hydrogen-bond donors (Lipinski definition) is 0. The van der Waals surface area contributed by atoms with Crippen LogP contribution in [-0.2, 0) is 0 Å². The van der Waals surface area contributed by atoms with Gasteiger partial charge in [-0.2, -0.15) is 0 Å². The zero-order chi connectivity index (χ0) is 13.1. The first-order valence-corrected chi connectivity index (χ1v) is 6.59. The smallest absolute Gasteiger partial charge is 0.258 e. The molecule has 1 saturated carbocycles. The van der Waals surface area contributed by atoms with Crippen LogP contribution in [-0.4, -0.2) is 23.9 Å². The summed E-state index contributed by atoms with van der Waals surface area (Å²) in [5.74, 6) is 2.12. The Hall–Kier alpha value is -1.34. The molecule has 94 valence electrons. The van der Waals surface area contributed by atoms with Gasteiger partial charge in [-0.15, -0.1) is 6.42 Å². The fraction of sp³-hybridized carbons (Fsp3) is 0.357. The molecule has 1 aromatic carbocycles. The van der Waals surface area contributed by atoms with E-state index in [0.717, 1.165) is 12.8 Å². The van der Waals surface area contributed by atoms with Crippen molar-refractivity contribution < 1.29 is 9.18 Å². The molecule has 4 heteroatoms. The van der Waals surface area contributed by atoms with Crippen molar-refractivity contribution in [3.8, 4) is 12.3 Å². The Labute approximate surface area is 114 Å². The average molecular weight is 310 g/mol. The van der Waals surface area contributed by atoms with Gasteiger partial charge in [-0.25, -0.2) is 4.39 Å². The van der Waals surface area contributed by atoms with Crippen molar-refractivity contribution in [3.63, 3.8) is 0 Å². The third-order valence-electron chi connectivity index (χ3n) is 2.92. The highest BCUT2D eigenvalue weighted by Gasteiger charge is 2.28. The Morgan fingerprint density at radius 1 is 1.56 bits per heavy atom. The lowest BCUT2D eigenvalue weighted by atomic mass is 10.1. The maximum absolute atomic E-state index is 13.7. The summed E-state index contributed by atoms with van der Waals surface area (Å²) in [4.78, 5) is 13.8. The third kappa shape index (κ3) is 2.91. The zero-order valence-corrected chi connectivity index (χ0v) is 11.4. The molecule has 2 nitrogen and oxygen atoms in total. The zero-order valence-electron chi connectivity index (χ0n) is 9.83. The van der Waals surface area contributed by atoms with Crippen molar-refractivity contribution in [2.75, 3.05) is 13.1 Å². The Bertz CT molecular complexity index is 485. The van der Waals surface area contributed by atoms with E-state index < -0.39 is 5.82 Å². The van der Waals surface area contributed by atoms with Crippen LogP contribution < -0.4 is 0 Å². The molecule has 0 heterocycles. The number of nitrogens with zero attached hydrogens (tertiary/aromatic N) is 1. The van der Waals surface area contributed by atoms with E-state index in [2.05, 4.69) is 21.9 Å². The standard InChI is InChI=1S/C14H13BrFNO/c1-2-8-17(9-10-6-7-10)14(18)13-11(15)4-3-5-12(13)16/h1,3-5,10H,6-9H2. The summed E-state index contributed by atoms with van der Waals surface area (Å²) in [6.07, 6.45) is 7.50. The molecule has 1 aliphatic rings. The van der Waals surface area contributed by atoms with E-state index in [0.29, 0.717) is 16.9 Å². The summed E-state index contributed by atoms with van der Waals surface area (Å²) < 4.78 is 14.2. The van der Waals surface area contributed by atoms with E-state index in [9.17, 15) is 9.18 Å². The number of rotatable bonds is 4. The van der Waals surface area contributed by atoms with E-state index >= 15 is 0 Å². The van der Waals surface area contributed by atoms with E-state index in [4.69, 9.17) is 6.42 Å². The maximum Gasteiger partial charge on any atom is 0.258 e. The molecule has 0 saturated heterocycles. The van der Waals surface area contributed by atoms with E-state index in [-0.39, 0.29) is 18.0 Å². The van der Waals surface area contributed by atoms with Gasteiger partial charge >= 0.3 is 0 Å². The number of halogens is 2. The minimum atomic E-state index is -0.521. The quantitative estimate of drug-likeness (QED) is 0.783. The van der Waals surface area contributed by atoms with Gasteiger partial charge in [-0.1, -0.05) is 12.0 Å². The maximum atomic E-state index is 13.7. The van der Waals surface area contributed by atoms with Gasteiger partial charge in [0.05, 0.1) is 12.1 Å². The van der Waals surface area contributed by atoms with Gasteiger partial charge < -0.3 is 4.90 Å². The van der Waals surface area contributed by atoms with Gasteiger partial charge in [0.15, 0.2) is 0 Å². The molecule has 1 aromatic rings. The van der Waals surface area contributed by atoms with Crippen LogP contribution in [0.4, 0.5) is 4.39 Å². The summed E-state index contributed by atoms with van der Waals surface area (Å²) >= 11 is 3.21. The van der Waals surface area contributed by atoms with E-state index in [1.165, 1.54) is 6.07 Å². The normalized spacial score (nSPS) is 14.1. The van der Waals surface area contributed by atoms with Crippen molar-refractivity contribution >= 4 is 21.8 Å². The highest BCUT2D eigenvalue weighted by molar-refractivity contribution is 9.10. The Morgan fingerprint density at radius 3 is 2.83 bits per heavy atom. The molecule has 0 unspecified atom stereocenters. The van der Waals surface area contributed by atoms with Crippen LogP contribution in [0.15, 0.2) is 22.7 Å². The Morgan fingerprint density at radius 2 is 2.28 bits per heavy atom. The summed E-state index contributed by atoms with van der Waals surface area (Å²) in [6.45, 7) is 0.833. The van der Waals surface area contributed by atoms with Crippen LogP contribution in [0.1, 0.15) is 23.2 Å². The molecule has 1 aliphatic carbocycles. The van der Waals surface area contributed by atoms with Crippen LogP contribution in [0.2, 0.25) is 0 Å². The number of benzene rings is 1. The monoisotopic (exact) mass is 309 g/mol. The number of hydrogen-bond acceptors (Lipinski definition) is 1. The van der Waals surface area contributed by atoms with Crippen molar-refractivity contribution in [1.82, 2.24) is 4.90 Å². The van der Waals surface area contributed by atoms with Gasteiger partial charge in [0.25, 0.3) is 5.91 Å². The lowest BCUT2D eigenvalue weighted by Gasteiger charge is -2.21. The fourth-order valence-electron chi connectivity index (χ4n) is 1.80. The van der Waals surface area contributed by atoms with Crippen molar-refractivity contribution in [1.29, 1.82) is 0 Å². The first kappa shape index (κ1) is 13.1. The number of amides is 1. The number of terminal acetylenes is 1. The minimum absolute atomic E-state index is 0.0633. The molecular weight excluding hydrogens is 297 g/mol. The highest BCUT2D eigenvalue weighted by atomic mass is 79.9. The Kier molecular flexibility index (Phi) is 4.03. The number of carbonyl (C=O) groups is 1. The molecular formula is C14H13BrFNO. The molecule has 0 N–H and O–H groups in total. The van der Waals surface area contributed by atoms with Gasteiger partial charge in [-0.3, -0.25) is 4.79 Å². The molecule has 1 amide bonds. The van der Waals surface area contributed by atoms with Crippen molar-refractivity contribution in [2.45, 2.75) is 12.8 Å². The van der Waals surface area contributed by atoms with Crippen LogP contribution in [0.3, 0.4) is 0 Å². The second-order valence-corrected chi connectivity index (χ2v) is 5.28. The first-order chi connectivity index (χ1) is 8.63. The van der Waals surface area contributed by atoms with Gasteiger partial charge in [0, 0.05) is 11.0 Å². The molecule has 2 rings (SSSR count). The van der Waals surface area contributed by atoms with E-state index in [1.54, 1.807) is 17.0 Å². The lowest BCUT2D eigenvalue weighted by Crippen LogP contribution is -2.34. The Balaban J connectivity index is 2.24. The summed E-state index contributed by atoms with van der Waals surface area (Å²) in [5, 5.41) is 0. The largest absolute Gasteiger partial charge is 0.327 e. The first-order valence-electron chi connectivity index (χ1n) is 5.80. The predicted octanol–water partition coefficient (Wildman–Crippen LogP) is 3.07. The minimum Gasteiger partial charge on any atom is -0.327 e. The van der Waals surface area contributed by atoms with Gasteiger partial charge in [-0.05, 0) is 46.8 Å². The second-order valence-electron chi connectivity index (χ2n) is 4.43. The highest BCUT2D eigenvalue weighted by Crippen LogP contribution is 2.30. The summed E-state index contributed by atoms with van der Waals surface area (Å²) in [5.41, 5.74) is 0.0633. The topological polar surface area (TPSA) is 20.3 Å².